The molecule has 1 aliphatic carbocycles. The summed E-state index contributed by atoms with van der Waals surface area (Å²) in [5.41, 5.74) is 0.956. The van der Waals surface area contributed by atoms with E-state index < -0.39 is 5.41 Å². The van der Waals surface area contributed by atoms with Gasteiger partial charge in [0.1, 0.15) is 10.8 Å². The van der Waals surface area contributed by atoms with E-state index in [0.717, 1.165) is 22.6 Å². The predicted molar refractivity (Wildman–Crippen MR) is 80.7 cm³/mol. The monoisotopic (exact) mass is 304 g/mol. The van der Waals surface area contributed by atoms with Crippen molar-refractivity contribution in [2.24, 2.45) is 0 Å². The number of nitrogens with one attached hydrogen (secondary N) is 1. The molecular weight excluding hydrogens is 287 g/mol. The van der Waals surface area contributed by atoms with Crippen LogP contribution in [0.2, 0.25) is 0 Å². The maximum atomic E-state index is 13.7. The summed E-state index contributed by atoms with van der Waals surface area (Å²) in [4.78, 5) is 16.8. The van der Waals surface area contributed by atoms with Gasteiger partial charge >= 0.3 is 0 Å². The number of carbonyl (C=O) groups excluding carboxylic acids is 1. The van der Waals surface area contributed by atoms with Crippen LogP contribution in [-0.2, 0) is 16.6 Å². The predicted octanol–water partition coefficient (Wildman–Crippen LogP) is 3.36. The Morgan fingerprint density at radius 3 is 3.00 bits per heavy atom. The van der Waals surface area contributed by atoms with Crippen LogP contribution < -0.4 is 5.32 Å². The van der Waals surface area contributed by atoms with Crippen molar-refractivity contribution < 1.29 is 9.18 Å². The first-order valence-corrected chi connectivity index (χ1v) is 7.86. The molecule has 0 bridgehead atoms. The van der Waals surface area contributed by atoms with E-state index in [2.05, 4.69) is 10.3 Å². The van der Waals surface area contributed by atoms with E-state index in [1.165, 1.54) is 17.4 Å². The molecule has 1 aromatic heterocycles. The molecular formula is C16H17FN2OS. The highest BCUT2D eigenvalue weighted by Crippen LogP contribution is 2.34. The lowest BCUT2D eigenvalue weighted by Crippen LogP contribution is -2.41. The van der Waals surface area contributed by atoms with Crippen molar-refractivity contribution in [2.45, 2.75) is 38.1 Å². The molecule has 1 aliphatic rings. The van der Waals surface area contributed by atoms with Gasteiger partial charge in [-0.15, -0.1) is 11.3 Å². The summed E-state index contributed by atoms with van der Waals surface area (Å²) in [6.45, 7) is 3.73. The smallest absolute Gasteiger partial charge is 0.233 e. The average Bonchev–Trinajstić information content (AvgIpc) is 3.09. The van der Waals surface area contributed by atoms with Gasteiger partial charge in [-0.1, -0.05) is 12.1 Å². The molecule has 1 heterocycles. The van der Waals surface area contributed by atoms with E-state index in [0.29, 0.717) is 6.42 Å². The fourth-order valence-electron chi connectivity index (χ4n) is 2.73. The number of aromatic nitrogens is 1. The summed E-state index contributed by atoms with van der Waals surface area (Å²) in [5, 5.41) is 5.71. The van der Waals surface area contributed by atoms with Gasteiger partial charge in [0.15, 0.2) is 0 Å². The second kappa shape index (κ2) is 5.22. The van der Waals surface area contributed by atoms with Crippen LogP contribution in [-0.4, -0.2) is 10.9 Å². The van der Waals surface area contributed by atoms with Crippen LogP contribution >= 0.6 is 11.3 Å². The SMILES string of the molecule is CC(C)(C(=O)N[C@H]1CCc2c(F)cccc21)c1nccs1. The minimum Gasteiger partial charge on any atom is -0.348 e. The topological polar surface area (TPSA) is 42.0 Å². The second-order valence-electron chi connectivity index (χ2n) is 5.83. The molecule has 0 aliphatic heterocycles. The zero-order valence-corrected chi connectivity index (χ0v) is 12.8. The van der Waals surface area contributed by atoms with Gasteiger partial charge in [0.2, 0.25) is 5.91 Å². The van der Waals surface area contributed by atoms with Crippen LogP contribution in [0, 0.1) is 5.82 Å². The largest absolute Gasteiger partial charge is 0.348 e. The Morgan fingerprint density at radius 2 is 2.29 bits per heavy atom. The Hall–Kier alpha value is -1.75. The molecule has 0 saturated heterocycles. The van der Waals surface area contributed by atoms with Crippen molar-refractivity contribution in [1.82, 2.24) is 10.3 Å². The first kappa shape index (κ1) is 14.2. The number of benzene rings is 1. The van der Waals surface area contributed by atoms with Crippen LogP contribution in [0.5, 0.6) is 0 Å². The summed E-state index contributed by atoms with van der Waals surface area (Å²) in [5.74, 6) is -0.247. The highest BCUT2D eigenvalue weighted by atomic mass is 32.1. The lowest BCUT2D eigenvalue weighted by Gasteiger charge is -2.24. The van der Waals surface area contributed by atoms with E-state index >= 15 is 0 Å². The molecule has 21 heavy (non-hydrogen) atoms. The zero-order chi connectivity index (χ0) is 15.0. The first-order chi connectivity index (χ1) is 10.00. The molecule has 0 fully saturated rings. The quantitative estimate of drug-likeness (QED) is 0.944. The van der Waals surface area contributed by atoms with Crippen molar-refractivity contribution in [3.05, 3.63) is 51.7 Å². The molecule has 2 aromatic rings. The van der Waals surface area contributed by atoms with Crippen molar-refractivity contribution in [3.8, 4) is 0 Å². The minimum atomic E-state index is -0.676. The summed E-state index contributed by atoms with van der Waals surface area (Å²) >= 11 is 1.47. The van der Waals surface area contributed by atoms with Gasteiger partial charge in [-0.3, -0.25) is 4.79 Å². The van der Waals surface area contributed by atoms with E-state index in [4.69, 9.17) is 0 Å². The molecule has 3 rings (SSSR count). The number of halogens is 1. The maximum Gasteiger partial charge on any atom is 0.233 e. The van der Waals surface area contributed by atoms with Gasteiger partial charge in [0.25, 0.3) is 0 Å². The number of hydrogen-bond donors (Lipinski definition) is 1. The minimum absolute atomic E-state index is 0.0699. The van der Waals surface area contributed by atoms with E-state index in [-0.39, 0.29) is 17.8 Å². The van der Waals surface area contributed by atoms with Gasteiger partial charge < -0.3 is 5.32 Å². The molecule has 1 atom stereocenters. The molecule has 3 nitrogen and oxygen atoms in total. The van der Waals surface area contributed by atoms with Gasteiger partial charge in [-0.2, -0.15) is 0 Å². The Labute approximate surface area is 127 Å². The number of amides is 1. The molecule has 0 radical (unpaired) electrons. The van der Waals surface area contributed by atoms with Crippen LogP contribution in [0.1, 0.15) is 42.4 Å². The van der Waals surface area contributed by atoms with Crippen LogP contribution in [0.25, 0.3) is 0 Å². The van der Waals surface area contributed by atoms with E-state index in [9.17, 15) is 9.18 Å². The van der Waals surface area contributed by atoms with E-state index in [1.54, 1.807) is 12.3 Å². The number of thiazole rings is 1. The highest BCUT2D eigenvalue weighted by molar-refractivity contribution is 7.09. The zero-order valence-electron chi connectivity index (χ0n) is 12.0. The molecule has 1 amide bonds. The summed E-state index contributed by atoms with van der Waals surface area (Å²) in [6.07, 6.45) is 3.12. The van der Waals surface area contributed by atoms with Gasteiger partial charge in [0, 0.05) is 11.6 Å². The molecule has 5 heteroatoms. The Balaban J connectivity index is 1.80. The van der Waals surface area contributed by atoms with E-state index in [1.807, 2.05) is 25.3 Å². The van der Waals surface area contributed by atoms with Crippen LogP contribution in [0.15, 0.2) is 29.8 Å². The standard InChI is InChI=1S/C16H17FN2OS/c1-16(2,15-18-8-9-21-15)14(20)19-13-7-6-10-11(13)4-3-5-12(10)17/h3-5,8-9,13H,6-7H2,1-2H3,(H,19,20)/t13-/m0/s1. The lowest BCUT2D eigenvalue weighted by molar-refractivity contribution is -0.126. The van der Waals surface area contributed by atoms with Crippen molar-refractivity contribution in [3.63, 3.8) is 0 Å². The highest BCUT2D eigenvalue weighted by Gasteiger charge is 2.35. The van der Waals surface area contributed by atoms with Crippen LogP contribution in [0.4, 0.5) is 4.39 Å². The van der Waals surface area contributed by atoms with Crippen molar-refractivity contribution in [2.75, 3.05) is 0 Å². The molecule has 0 saturated carbocycles. The number of rotatable bonds is 3. The number of carbonyl (C=O) groups is 1. The van der Waals surface area contributed by atoms with Gasteiger partial charge in [-0.25, -0.2) is 9.37 Å². The maximum absolute atomic E-state index is 13.7. The normalized spacial score (nSPS) is 17.6. The Morgan fingerprint density at radius 1 is 1.48 bits per heavy atom. The average molecular weight is 304 g/mol. The lowest BCUT2D eigenvalue weighted by atomic mass is 9.92. The Bertz CT molecular complexity index is 667. The van der Waals surface area contributed by atoms with Crippen LogP contribution in [0.3, 0.4) is 0 Å². The third-order valence-electron chi connectivity index (χ3n) is 4.05. The fraction of sp³-hybridized carbons (Fsp3) is 0.375. The second-order valence-corrected chi connectivity index (χ2v) is 6.73. The molecule has 0 spiro atoms. The molecule has 1 N–H and O–H groups in total. The van der Waals surface area contributed by atoms with Gasteiger partial charge in [-0.05, 0) is 43.9 Å². The van der Waals surface area contributed by atoms with Gasteiger partial charge in [0.05, 0.1) is 11.5 Å². The Kier molecular flexibility index (Phi) is 3.53. The van der Waals surface area contributed by atoms with Crippen molar-refractivity contribution in [1.29, 1.82) is 0 Å². The van der Waals surface area contributed by atoms with Crippen molar-refractivity contribution >= 4 is 17.2 Å². The first-order valence-electron chi connectivity index (χ1n) is 6.98. The number of hydrogen-bond acceptors (Lipinski definition) is 3. The summed E-state index contributed by atoms with van der Waals surface area (Å²) in [6, 6.07) is 4.96. The summed E-state index contributed by atoms with van der Waals surface area (Å²) in [7, 11) is 0. The summed E-state index contributed by atoms with van der Waals surface area (Å²) < 4.78 is 13.7. The third kappa shape index (κ3) is 2.46. The third-order valence-corrected chi connectivity index (χ3v) is 5.15. The number of nitrogens with zero attached hydrogens (tertiary/aromatic N) is 1. The number of fused-ring (bicyclic) bond motifs is 1. The molecule has 110 valence electrons. The fourth-order valence-corrected chi connectivity index (χ4v) is 3.49. The molecule has 1 aromatic carbocycles. The molecule has 0 unspecified atom stereocenters.